The van der Waals surface area contributed by atoms with Gasteiger partial charge >= 0.3 is 0 Å². The summed E-state index contributed by atoms with van der Waals surface area (Å²) in [6.07, 6.45) is 3.59. The van der Waals surface area contributed by atoms with Gasteiger partial charge in [-0.15, -0.1) is 0 Å². The lowest BCUT2D eigenvalue weighted by atomic mass is 9.85. The highest BCUT2D eigenvalue weighted by Gasteiger charge is 2.21. The van der Waals surface area contributed by atoms with E-state index >= 15 is 0 Å². The minimum absolute atomic E-state index is 0.0420. The zero-order chi connectivity index (χ0) is 12.6. The molecule has 0 aromatic heterocycles. The molecule has 0 radical (unpaired) electrons. The third-order valence-corrected chi connectivity index (χ3v) is 3.33. The van der Waals surface area contributed by atoms with Crippen molar-refractivity contribution in [1.82, 2.24) is 0 Å². The second-order valence-electron chi connectivity index (χ2n) is 5.19. The van der Waals surface area contributed by atoms with Crippen molar-refractivity contribution >= 4 is 0 Å². The lowest BCUT2D eigenvalue weighted by Crippen LogP contribution is -2.29. The molecule has 0 aliphatic heterocycles. The van der Waals surface area contributed by atoms with E-state index in [1.807, 2.05) is 13.8 Å². The molecule has 0 fully saturated rings. The Kier molecular flexibility index (Phi) is 8.90. The third-order valence-electron chi connectivity index (χ3n) is 3.33. The van der Waals surface area contributed by atoms with Crippen molar-refractivity contribution in [2.45, 2.75) is 52.6 Å². The van der Waals surface area contributed by atoms with Gasteiger partial charge in [-0.3, -0.25) is 0 Å². The molecule has 3 N–H and O–H groups in total. The first-order valence-corrected chi connectivity index (χ1v) is 6.42. The summed E-state index contributed by atoms with van der Waals surface area (Å²) in [6, 6.07) is 0. The zero-order valence-corrected chi connectivity index (χ0v) is 10.9. The van der Waals surface area contributed by atoms with Gasteiger partial charge in [0.25, 0.3) is 0 Å². The van der Waals surface area contributed by atoms with E-state index in [0.29, 0.717) is 5.92 Å². The number of hydrogen-bond acceptors (Lipinski definition) is 3. The van der Waals surface area contributed by atoms with Gasteiger partial charge in [-0.25, -0.2) is 0 Å². The first-order chi connectivity index (χ1) is 7.52. The Hall–Kier alpha value is -0.120. The van der Waals surface area contributed by atoms with Gasteiger partial charge < -0.3 is 15.3 Å². The van der Waals surface area contributed by atoms with Gasteiger partial charge in [0, 0.05) is 19.1 Å². The van der Waals surface area contributed by atoms with Crippen LogP contribution in [0.15, 0.2) is 0 Å². The molecule has 0 aromatic rings. The van der Waals surface area contributed by atoms with Crippen molar-refractivity contribution in [2.75, 3.05) is 13.2 Å². The van der Waals surface area contributed by atoms with E-state index in [0.717, 1.165) is 25.7 Å². The summed E-state index contributed by atoms with van der Waals surface area (Å²) in [5.74, 6) is 0.757. The highest BCUT2D eigenvalue weighted by Crippen LogP contribution is 2.23. The third kappa shape index (κ3) is 6.46. The number of aliphatic hydroxyl groups is 3. The SMILES string of the molecule is CC(CCCCO)CC(C)C(O)C(C)CO. The Bertz CT molecular complexity index is 161. The summed E-state index contributed by atoms with van der Waals surface area (Å²) in [5.41, 5.74) is 0. The molecule has 3 heteroatoms. The van der Waals surface area contributed by atoms with Crippen molar-refractivity contribution in [3.8, 4) is 0 Å². The molecule has 0 bridgehead atoms. The molecule has 4 unspecified atom stereocenters. The lowest BCUT2D eigenvalue weighted by molar-refractivity contribution is 0.0285. The molecule has 0 aliphatic carbocycles. The molecule has 0 heterocycles. The number of rotatable bonds is 9. The van der Waals surface area contributed by atoms with Crippen LogP contribution >= 0.6 is 0 Å². The van der Waals surface area contributed by atoms with Crippen molar-refractivity contribution in [2.24, 2.45) is 17.8 Å². The predicted octanol–water partition coefficient (Wildman–Crippen LogP) is 1.80. The van der Waals surface area contributed by atoms with Crippen LogP contribution in [-0.2, 0) is 0 Å². The van der Waals surface area contributed by atoms with E-state index < -0.39 is 6.10 Å². The molecule has 4 atom stereocenters. The molecule has 0 amide bonds. The smallest absolute Gasteiger partial charge is 0.0613 e. The van der Waals surface area contributed by atoms with Gasteiger partial charge in [-0.2, -0.15) is 0 Å². The zero-order valence-electron chi connectivity index (χ0n) is 10.9. The van der Waals surface area contributed by atoms with Crippen LogP contribution in [0.3, 0.4) is 0 Å². The lowest BCUT2D eigenvalue weighted by Gasteiger charge is -2.25. The van der Waals surface area contributed by atoms with Crippen LogP contribution in [0.5, 0.6) is 0 Å². The standard InChI is InChI=1S/C13H28O3/c1-10(6-4-5-7-14)8-11(2)13(16)12(3)9-15/h10-16H,4-9H2,1-3H3. The fraction of sp³-hybridized carbons (Fsp3) is 1.00. The highest BCUT2D eigenvalue weighted by molar-refractivity contribution is 4.72. The molecule has 16 heavy (non-hydrogen) atoms. The average Bonchev–Trinajstić information content (AvgIpc) is 2.27. The maximum atomic E-state index is 9.91. The molecule has 0 rings (SSSR count). The average molecular weight is 232 g/mol. The van der Waals surface area contributed by atoms with Crippen LogP contribution in [0, 0.1) is 17.8 Å². The number of hydrogen-bond donors (Lipinski definition) is 3. The van der Waals surface area contributed by atoms with Crippen molar-refractivity contribution in [3.05, 3.63) is 0 Å². The monoisotopic (exact) mass is 232 g/mol. The topological polar surface area (TPSA) is 60.7 Å². The summed E-state index contributed by atoms with van der Waals surface area (Å²) < 4.78 is 0. The maximum absolute atomic E-state index is 9.91. The fourth-order valence-electron chi connectivity index (χ4n) is 2.17. The quantitative estimate of drug-likeness (QED) is 0.531. The van der Waals surface area contributed by atoms with Gasteiger partial charge in [0.15, 0.2) is 0 Å². The Labute approximate surface area is 99.5 Å². The Morgan fingerprint density at radius 2 is 1.56 bits per heavy atom. The number of aliphatic hydroxyl groups excluding tert-OH is 3. The van der Waals surface area contributed by atoms with E-state index in [1.54, 1.807) is 0 Å². The second kappa shape index (κ2) is 8.97. The number of unbranched alkanes of at least 4 members (excludes halogenated alkanes) is 1. The van der Waals surface area contributed by atoms with Crippen molar-refractivity contribution in [1.29, 1.82) is 0 Å². The molecule has 0 saturated heterocycles. The maximum Gasteiger partial charge on any atom is 0.0613 e. The summed E-state index contributed by atoms with van der Waals surface area (Å²) in [7, 11) is 0. The summed E-state index contributed by atoms with van der Waals surface area (Å²) in [4.78, 5) is 0. The molecular weight excluding hydrogens is 204 g/mol. The minimum Gasteiger partial charge on any atom is -0.396 e. The van der Waals surface area contributed by atoms with E-state index in [4.69, 9.17) is 10.2 Å². The molecular formula is C13H28O3. The highest BCUT2D eigenvalue weighted by atomic mass is 16.3. The fourth-order valence-corrected chi connectivity index (χ4v) is 2.17. The van der Waals surface area contributed by atoms with Gasteiger partial charge in [0.05, 0.1) is 6.10 Å². The second-order valence-corrected chi connectivity index (χ2v) is 5.19. The first-order valence-electron chi connectivity index (χ1n) is 6.42. The summed E-state index contributed by atoms with van der Waals surface area (Å²) in [6.45, 7) is 6.41. The Morgan fingerprint density at radius 1 is 0.938 bits per heavy atom. The Balaban J connectivity index is 3.79. The van der Waals surface area contributed by atoms with E-state index in [-0.39, 0.29) is 25.0 Å². The predicted molar refractivity (Wildman–Crippen MR) is 66.1 cm³/mol. The van der Waals surface area contributed by atoms with Crippen molar-refractivity contribution in [3.63, 3.8) is 0 Å². The van der Waals surface area contributed by atoms with E-state index in [1.165, 1.54) is 0 Å². The molecule has 0 spiro atoms. The van der Waals surface area contributed by atoms with Gasteiger partial charge in [-0.1, -0.05) is 33.6 Å². The van der Waals surface area contributed by atoms with Gasteiger partial charge in [0.2, 0.25) is 0 Å². The largest absolute Gasteiger partial charge is 0.396 e. The van der Waals surface area contributed by atoms with E-state index in [2.05, 4.69) is 6.92 Å². The molecule has 0 aliphatic rings. The van der Waals surface area contributed by atoms with Crippen LogP contribution in [-0.4, -0.2) is 34.6 Å². The normalized spacial score (nSPS) is 19.1. The van der Waals surface area contributed by atoms with Crippen LogP contribution in [0.25, 0.3) is 0 Å². The van der Waals surface area contributed by atoms with Gasteiger partial charge in [-0.05, 0) is 24.7 Å². The molecule has 98 valence electrons. The molecule has 0 saturated carbocycles. The van der Waals surface area contributed by atoms with Gasteiger partial charge in [0.1, 0.15) is 0 Å². The first kappa shape index (κ1) is 15.9. The van der Waals surface area contributed by atoms with E-state index in [9.17, 15) is 5.11 Å². The molecule has 0 aromatic carbocycles. The summed E-state index contributed by atoms with van der Waals surface area (Å²) >= 11 is 0. The minimum atomic E-state index is -0.412. The summed E-state index contributed by atoms with van der Waals surface area (Å²) in [5, 5.41) is 27.6. The van der Waals surface area contributed by atoms with Crippen LogP contribution in [0.1, 0.15) is 46.5 Å². The van der Waals surface area contributed by atoms with Crippen molar-refractivity contribution < 1.29 is 15.3 Å². The van der Waals surface area contributed by atoms with Crippen LogP contribution in [0.2, 0.25) is 0 Å². The molecule has 3 nitrogen and oxygen atoms in total. The van der Waals surface area contributed by atoms with Crippen LogP contribution in [0.4, 0.5) is 0 Å². The Morgan fingerprint density at radius 3 is 2.06 bits per heavy atom. The van der Waals surface area contributed by atoms with Crippen LogP contribution < -0.4 is 0 Å².